The number of halogens is 2. The Kier molecular flexibility index (Phi) is 4.54. The van der Waals surface area contributed by atoms with E-state index in [4.69, 9.17) is 5.73 Å². The Labute approximate surface area is 165 Å². The molecule has 1 aromatic carbocycles. The van der Waals surface area contributed by atoms with Crippen molar-refractivity contribution in [3.05, 3.63) is 83.9 Å². The molecule has 2 N–H and O–H groups in total. The van der Waals surface area contributed by atoms with Gasteiger partial charge in [-0.05, 0) is 34.9 Å². The summed E-state index contributed by atoms with van der Waals surface area (Å²) in [5.41, 5.74) is 6.46. The van der Waals surface area contributed by atoms with Crippen LogP contribution in [0.3, 0.4) is 0 Å². The molecule has 0 saturated heterocycles. The van der Waals surface area contributed by atoms with Gasteiger partial charge in [-0.3, -0.25) is 19.7 Å². The van der Waals surface area contributed by atoms with E-state index in [0.717, 1.165) is 17.3 Å². The van der Waals surface area contributed by atoms with Gasteiger partial charge in [-0.15, -0.1) is 0 Å². The largest absolute Gasteiger partial charge is 0.369 e. The minimum Gasteiger partial charge on any atom is -0.369 e. The van der Waals surface area contributed by atoms with Crippen molar-refractivity contribution in [1.82, 2.24) is 14.9 Å². The van der Waals surface area contributed by atoms with E-state index < -0.39 is 17.9 Å². The number of amides is 1. The maximum Gasteiger partial charge on any atom is 0.266 e. The number of guanidine groups is 1. The molecule has 1 atom stereocenters. The Balaban J connectivity index is 1.95. The van der Waals surface area contributed by atoms with Crippen molar-refractivity contribution in [3.8, 4) is 11.1 Å². The molecule has 0 saturated carbocycles. The van der Waals surface area contributed by atoms with Crippen molar-refractivity contribution in [2.75, 3.05) is 7.05 Å². The molecule has 6 nitrogen and oxygen atoms in total. The average Bonchev–Trinajstić information content (AvgIpc) is 2.99. The lowest BCUT2D eigenvalue weighted by Gasteiger charge is -2.26. The fourth-order valence-corrected chi connectivity index (χ4v) is 3.42. The standard InChI is InChI=1S/C21H17F2N5O/c1-28-19(29)21(27-20(28)24,17-9-15(18(22)23)11-26-12-17)16-6-2-4-13(8-16)14-5-3-7-25-10-14/h2-12,18H,1H3,(H2,24,27). The van der Waals surface area contributed by atoms with E-state index in [2.05, 4.69) is 15.0 Å². The molecule has 1 aliphatic rings. The van der Waals surface area contributed by atoms with Crippen LogP contribution in [-0.4, -0.2) is 33.8 Å². The Hall–Kier alpha value is -3.68. The van der Waals surface area contributed by atoms with Crippen LogP contribution in [0.1, 0.15) is 23.1 Å². The summed E-state index contributed by atoms with van der Waals surface area (Å²) in [7, 11) is 1.50. The van der Waals surface area contributed by atoms with Gasteiger partial charge >= 0.3 is 0 Å². The number of carbonyl (C=O) groups excluding carboxylic acids is 1. The SMILES string of the molecule is CN1C(=O)C(c2cccc(-c3cccnc3)c2)(c2cncc(C(F)F)c2)N=C1N. The highest BCUT2D eigenvalue weighted by Crippen LogP contribution is 2.41. The van der Waals surface area contributed by atoms with Gasteiger partial charge in [0.05, 0.1) is 0 Å². The zero-order valence-electron chi connectivity index (χ0n) is 15.5. The number of rotatable bonds is 4. The maximum absolute atomic E-state index is 13.3. The predicted octanol–water partition coefficient (Wildman–Crippen LogP) is 3.11. The number of likely N-dealkylation sites (N-methyl/N-ethyl adjacent to an activating group) is 1. The minimum atomic E-state index is -2.73. The van der Waals surface area contributed by atoms with Crippen LogP contribution in [0.5, 0.6) is 0 Å². The molecular weight excluding hydrogens is 376 g/mol. The lowest BCUT2D eigenvalue weighted by Crippen LogP contribution is -2.41. The monoisotopic (exact) mass is 393 g/mol. The Morgan fingerprint density at radius 3 is 2.45 bits per heavy atom. The smallest absolute Gasteiger partial charge is 0.266 e. The molecule has 0 aliphatic carbocycles. The van der Waals surface area contributed by atoms with Gasteiger partial charge in [0.2, 0.25) is 0 Å². The van der Waals surface area contributed by atoms with Crippen molar-refractivity contribution >= 4 is 11.9 Å². The highest BCUT2D eigenvalue weighted by molar-refractivity contribution is 6.09. The molecule has 146 valence electrons. The van der Waals surface area contributed by atoms with Crippen LogP contribution in [0.25, 0.3) is 11.1 Å². The number of hydrogen-bond acceptors (Lipinski definition) is 5. The van der Waals surface area contributed by atoms with Crippen molar-refractivity contribution in [1.29, 1.82) is 0 Å². The first kappa shape index (κ1) is 18.7. The molecule has 4 rings (SSSR count). The van der Waals surface area contributed by atoms with Crippen molar-refractivity contribution in [2.24, 2.45) is 10.7 Å². The third-order valence-corrected chi connectivity index (χ3v) is 4.94. The summed E-state index contributed by atoms with van der Waals surface area (Å²) in [6.07, 6.45) is 3.08. The number of aromatic nitrogens is 2. The number of benzene rings is 1. The van der Waals surface area contributed by atoms with Crippen molar-refractivity contribution < 1.29 is 13.6 Å². The van der Waals surface area contributed by atoms with Gasteiger partial charge in [-0.25, -0.2) is 13.8 Å². The van der Waals surface area contributed by atoms with Crippen LogP contribution < -0.4 is 5.73 Å². The Bertz CT molecular complexity index is 1100. The van der Waals surface area contributed by atoms with Gasteiger partial charge in [0.1, 0.15) is 0 Å². The number of nitrogens with two attached hydrogens (primary N) is 1. The first-order valence-electron chi connectivity index (χ1n) is 8.81. The van der Waals surface area contributed by atoms with Gasteiger partial charge in [0.25, 0.3) is 12.3 Å². The summed E-state index contributed by atoms with van der Waals surface area (Å²) in [4.78, 5) is 26.9. The Morgan fingerprint density at radius 1 is 1.00 bits per heavy atom. The molecule has 1 amide bonds. The van der Waals surface area contributed by atoms with Crippen molar-refractivity contribution in [3.63, 3.8) is 0 Å². The quantitative estimate of drug-likeness (QED) is 0.738. The van der Waals surface area contributed by atoms with E-state index in [1.54, 1.807) is 36.7 Å². The summed E-state index contributed by atoms with van der Waals surface area (Å²) >= 11 is 0. The van der Waals surface area contributed by atoms with Crippen LogP contribution in [0.4, 0.5) is 8.78 Å². The summed E-state index contributed by atoms with van der Waals surface area (Å²) in [5, 5.41) is 0. The molecule has 1 aliphatic heterocycles. The first-order valence-corrected chi connectivity index (χ1v) is 8.81. The second-order valence-corrected chi connectivity index (χ2v) is 6.67. The molecule has 0 bridgehead atoms. The third kappa shape index (κ3) is 3.02. The molecule has 8 heteroatoms. The number of nitrogens with zero attached hydrogens (tertiary/aromatic N) is 4. The number of pyridine rings is 2. The zero-order valence-corrected chi connectivity index (χ0v) is 15.5. The highest BCUT2D eigenvalue weighted by Gasteiger charge is 2.50. The third-order valence-electron chi connectivity index (χ3n) is 4.94. The van der Waals surface area contributed by atoms with Gasteiger partial charge < -0.3 is 5.73 Å². The summed E-state index contributed by atoms with van der Waals surface area (Å²) in [6.45, 7) is 0. The first-order chi connectivity index (χ1) is 13.9. The molecule has 3 heterocycles. The highest BCUT2D eigenvalue weighted by atomic mass is 19.3. The normalized spacial score (nSPS) is 19.0. The number of aliphatic imine (C=N–C) groups is 1. The van der Waals surface area contributed by atoms with Crippen LogP contribution in [0, 0.1) is 0 Å². The van der Waals surface area contributed by atoms with Crippen LogP contribution in [-0.2, 0) is 10.3 Å². The van der Waals surface area contributed by atoms with E-state index in [0.29, 0.717) is 5.56 Å². The second kappa shape index (κ2) is 7.05. The second-order valence-electron chi connectivity index (χ2n) is 6.67. The van der Waals surface area contributed by atoms with Crippen LogP contribution in [0.2, 0.25) is 0 Å². The topological polar surface area (TPSA) is 84.5 Å². The maximum atomic E-state index is 13.3. The molecule has 0 spiro atoms. The molecular formula is C21H17F2N5O. The van der Waals surface area contributed by atoms with E-state index in [-0.39, 0.29) is 17.1 Å². The number of alkyl halides is 2. The lowest BCUT2D eigenvalue weighted by molar-refractivity contribution is -0.129. The van der Waals surface area contributed by atoms with Gasteiger partial charge in [0, 0.05) is 43.0 Å². The molecule has 0 radical (unpaired) electrons. The molecule has 3 aromatic rings. The van der Waals surface area contributed by atoms with E-state index in [1.165, 1.54) is 24.2 Å². The van der Waals surface area contributed by atoms with Gasteiger partial charge in [-0.2, -0.15) is 0 Å². The summed E-state index contributed by atoms with van der Waals surface area (Å²) < 4.78 is 26.6. The minimum absolute atomic E-state index is 0.00392. The fourth-order valence-electron chi connectivity index (χ4n) is 3.42. The number of carbonyl (C=O) groups is 1. The van der Waals surface area contributed by atoms with Gasteiger partial charge in [0.15, 0.2) is 11.5 Å². The molecule has 2 aromatic heterocycles. The predicted molar refractivity (Wildman–Crippen MR) is 104 cm³/mol. The lowest BCUT2D eigenvalue weighted by atomic mass is 9.82. The molecule has 0 fully saturated rings. The average molecular weight is 393 g/mol. The van der Waals surface area contributed by atoms with E-state index >= 15 is 0 Å². The van der Waals surface area contributed by atoms with Crippen LogP contribution in [0.15, 0.2) is 72.2 Å². The summed E-state index contributed by atoms with van der Waals surface area (Å²) in [5.74, 6) is -0.434. The van der Waals surface area contributed by atoms with Crippen molar-refractivity contribution in [2.45, 2.75) is 12.0 Å². The van der Waals surface area contributed by atoms with Gasteiger partial charge in [-0.1, -0.05) is 24.3 Å². The Morgan fingerprint density at radius 2 is 1.79 bits per heavy atom. The molecule has 29 heavy (non-hydrogen) atoms. The fraction of sp³-hybridized carbons (Fsp3) is 0.143. The summed E-state index contributed by atoms with van der Waals surface area (Å²) in [6, 6.07) is 12.1. The van der Waals surface area contributed by atoms with E-state index in [9.17, 15) is 13.6 Å². The number of hydrogen-bond donors (Lipinski definition) is 1. The van der Waals surface area contributed by atoms with E-state index in [1.807, 2.05) is 12.1 Å². The zero-order chi connectivity index (χ0) is 20.6. The van der Waals surface area contributed by atoms with Crippen LogP contribution >= 0.6 is 0 Å². The molecule has 1 unspecified atom stereocenters.